The van der Waals surface area contributed by atoms with Gasteiger partial charge in [-0.1, -0.05) is 29.8 Å². The number of hydrogen-bond donors (Lipinski definition) is 1. The van der Waals surface area contributed by atoms with Gasteiger partial charge in [0.25, 0.3) is 10.0 Å². The fourth-order valence-corrected chi connectivity index (χ4v) is 5.25. The third-order valence-corrected chi connectivity index (χ3v) is 7.60. The van der Waals surface area contributed by atoms with Crippen LogP contribution in [0.15, 0.2) is 88.7 Å². The predicted octanol–water partition coefficient (Wildman–Crippen LogP) is 4.97. The minimum atomic E-state index is -4.05. The van der Waals surface area contributed by atoms with Gasteiger partial charge in [-0.05, 0) is 72.8 Å². The van der Waals surface area contributed by atoms with Gasteiger partial charge in [-0.3, -0.25) is 9.10 Å². The van der Waals surface area contributed by atoms with E-state index in [9.17, 15) is 17.6 Å². The third-order valence-electron chi connectivity index (χ3n) is 4.46. The van der Waals surface area contributed by atoms with Crippen molar-refractivity contribution in [1.29, 1.82) is 0 Å². The number of sulfonamides is 1. The number of para-hydroxylation sites is 1. The Labute approximate surface area is 196 Å². The monoisotopic (exact) mass is 492 g/mol. The van der Waals surface area contributed by atoms with Gasteiger partial charge in [-0.2, -0.15) is 0 Å². The van der Waals surface area contributed by atoms with Crippen LogP contribution < -0.4 is 9.62 Å². The molecule has 0 saturated carbocycles. The molecule has 3 rings (SSSR count). The summed E-state index contributed by atoms with van der Waals surface area (Å²) in [5.74, 6) is -0.168. The quantitative estimate of drug-likeness (QED) is 0.320. The van der Waals surface area contributed by atoms with Gasteiger partial charge >= 0.3 is 0 Å². The summed E-state index contributed by atoms with van der Waals surface area (Å²) in [6, 6.07) is 20.4. The summed E-state index contributed by atoms with van der Waals surface area (Å²) in [6.07, 6.45) is 0.717. The zero-order chi connectivity index (χ0) is 23.0. The van der Waals surface area contributed by atoms with Crippen LogP contribution in [0.4, 0.5) is 10.1 Å². The molecular formula is C23H22ClFN2O3S2. The largest absolute Gasteiger partial charge is 0.354 e. The molecule has 0 aromatic heterocycles. The fraction of sp³-hybridized carbons (Fsp3) is 0.174. The molecular weight excluding hydrogens is 471 g/mol. The van der Waals surface area contributed by atoms with Crippen molar-refractivity contribution >= 4 is 45.0 Å². The molecule has 32 heavy (non-hydrogen) atoms. The zero-order valence-electron chi connectivity index (χ0n) is 17.1. The molecule has 0 atom stereocenters. The molecule has 3 aromatic carbocycles. The summed E-state index contributed by atoms with van der Waals surface area (Å²) in [6.45, 7) is 0.0344. The Morgan fingerprint density at radius 1 is 0.969 bits per heavy atom. The van der Waals surface area contributed by atoms with Gasteiger partial charge < -0.3 is 5.32 Å². The van der Waals surface area contributed by atoms with E-state index >= 15 is 0 Å². The molecule has 0 aliphatic carbocycles. The summed E-state index contributed by atoms with van der Waals surface area (Å²) in [4.78, 5) is 13.5. The number of carbonyl (C=O) groups excluding carboxylic acids is 1. The van der Waals surface area contributed by atoms with Gasteiger partial charge in [0.1, 0.15) is 12.4 Å². The topological polar surface area (TPSA) is 66.5 Å². The molecule has 5 nitrogen and oxygen atoms in total. The molecule has 9 heteroatoms. The molecule has 0 aliphatic heterocycles. The Hall–Kier alpha value is -2.55. The number of anilines is 1. The summed E-state index contributed by atoms with van der Waals surface area (Å²) >= 11 is 7.52. The second kappa shape index (κ2) is 11.4. The van der Waals surface area contributed by atoms with Crippen LogP contribution in [0.1, 0.15) is 6.42 Å². The molecule has 0 fully saturated rings. The lowest BCUT2D eigenvalue weighted by atomic mass is 10.3. The molecule has 0 saturated heterocycles. The minimum Gasteiger partial charge on any atom is -0.354 e. The van der Waals surface area contributed by atoms with Gasteiger partial charge in [-0.15, -0.1) is 11.8 Å². The van der Waals surface area contributed by atoms with Crippen LogP contribution in [0, 0.1) is 5.82 Å². The molecule has 0 spiro atoms. The Bertz CT molecular complexity index is 1130. The van der Waals surface area contributed by atoms with Crippen LogP contribution in [0.25, 0.3) is 0 Å². The number of halogens is 2. The highest BCUT2D eigenvalue weighted by Crippen LogP contribution is 2.24. The molecule has 0 unspecified atom stereocenters. The number of nitrogens with one attached hydrogen (secondary N) is 1. The van der Waals surface area contributed by atoms with Crippen molar-refractivity contribution in [3.8, 4) is 0 Å². The smallest absolute Gasteiger partial charge is 0.264 e. The van der Waals surface area contributed by atoms with Crippen molar-refractivity contribution in [2.75, 3.05) is 23.1 Å². The number of amides is 1. The lowest BCUT2D eigenvalue weighted by Crippen LogP contribution is -2.41. The molecule has 3 aromatic rings. The number of carbonyl (C=O) groups is 1. The van der Waals surface area contributed by atoms with Crippen LogP contribution in [-0.4, -0.2) is 33.2 Å². The lowest BCUT2D eigenvalue weighted by molar-refractivity contribution is -0.119. The Balaban J connectivity index is 1.60. The van der Waals surface area contributed by atoms with E-state index in [1.807, 2.05) is 24.3 Å². The first kappa shape index (κ1) is 24.1. The molecule has 0 heterocycles. The van der Waals surface area contributed by atoms with Crippen LogP contribution in [0.3, 0.4) is 0 Å². The molecule has 1 amide bonds. The molecule has 168 valence electrons. The standard InChI is InChI=1S/C23H22ClFN2O3S2/c24-18-7-11-21(12-8-18)31-16-4-15-26-23(28)17-27(20-5-2-1-3-6-20)32(29,30)22-13-9-19(25)10-14-22/h1-3,5-14H,4,15-17H2,(H,26,28). The zero-order valence-corrected chi connectivity index (χ0v) is 19.5. The predicted molar refractivity (Wildman–Crippen MR) is 127 cm³/mol. The fourth-order valence-electron chi connectivity index (χ4n) is 2.85. The van der Waals surface area contributed by atoms with Crippen molar-refractivity contribution in [2.24, 2.45) is 0 Å². The summed E-state index contributed by atoms with van der Waals surface area (Å²) in [5.41, 5.74) is 0.352. The van der Waals surface area contributed by atoms with Gasteiger partial charge in [0.15, 0.2) is 0 Å². The van der Waals surface area contributed by atoms with E-state index in [-0.39, 0.29) is 11.4 Å². The second-order valence-electron chi connectivity index (χ2n) is 6.81. The normalized spacial score (nSPS) is 11.2. The Morgan fingerprint density at radius 3 is 2.28 bits per heavy atom. The average molecular weight is 493 g/mol. The summed E-state index contributed by atoms with van der Waals surface area (Å²) in [7, 11) is -4.05. The van der Waals surface area contributed by atoms with Crippen LogP contribution in [0.2, 0.25) is 5.02 Å². The van der Waals surface area contributed by atoms with Crippen molar-refractivity contribution in [3.05, 3.63) is 89.7 Å². The maximum Gasteiger partial charge on any atom is 0.264 e. The molecule has 0 aliphatic rings. The first-order chi connectivity index (χ1) is 15.4. The van der Waals surface area contributed by atoms with E-state index in [0.717, 1.165) is 33.5 Å². The number of thioether (sulfide) groups is 1. The highest BCUT2D eigenvalue weighted by atomic mass is 35.5. The maximum absolute atomic E-state index is 13.3. The van der Waals surface area contributed by atoms with Gasteiger partial charge in [-0.25, -0.2) is 12.8 Å². The summed E-state index contributed by atoms with van der Waals surface area (Å²) in [5, 5.41) is 3.45. The number of rotatable bonds is 10. The van der Waals surface area contributed by atoms with E-state index < -0.39 is 21.7 Å². The third kappa shape index (κ3) is 6.72. The number of nitrogens with zero attached hydrogens (tertiary/aromatic N) is 1. The van der Waals surface area contributed by atoms with Crippen molar-refractivity contribution in [2.45, 2.75) is 16.2 Å². The van der Waals surface area contributed by atoms with Crippen molar-refractivity contribution in [3.63, 3.8) is 0 Å². The SMILES string of the molecule is O=C(CN(c1ccccc1)S(=O)(=O)c1ccc(F)cc1)NCCCSc1ccc(Cl)cc1. The maximum atomic E-state index is 13.3. The van der Waals surface area contributed by atoms with Gasteiger partial charge in [0.05, 0.1) is 10.6 Å². The van der Waals surface area contributed by atoms with Crippen LogP contribution in [0.5, 0.6) is 0 Å². The molecule has 0 radical (unpaired) electrons. The van der Waals surface area contributed by atoms with E-state index in [0.29, 0.717) is 17.3 Å². The first-order valence-corrected chi connectivity index (χ1v) is 12.6. The van der Waals surface area contributed by atoms with Crippen LogP contribution in [-0.2, 0) is 14.8 Å². The lowest BCUT2D eigenvalue weighted by Gasteiger charge is -2.24. The van der Waals surface area contributed by atoms with Crippen molar-refractivity contribution in [1.82, 2.24) is 5.32 Å². The van der Waals surface area contributed by atoms with E-state index in [2.05, 4.69) is 5.32 Å². The molecule has 1 N–H and O–H groups in total. The highest BCUT2D eigenvalue weighted by molar-refractivity contribution is 7.99. The van der Waals surface area contributed by atoms with Gasteiger partial charge in [0.2, 0.25) is 5.91 Å². The Kier molecular flexibility index (Phi) is 8.55. The minimum absolute atomic E-state index is 0.0880. The van der Waals surface area contributed by atoms with E-state index in [4.69, 9.17) is 11.6 Å². The number of hydrogen-bond acceptors (Lipinski definition) is 4. The highest BCUT2D eigenvalue weighted by Gasteiger charge is 2.27. The average Bonchev–Trinajstić information content (AvgIpc) is 2.79. The Morgan fingerprint density at radius 2 is 1.62 bits per heavy atom. The first-order valence-electron chi connectivity index (χ1n) is 9.85. The number of benzene rings is 3. The van der Waals surface area contributed by atoms with E-state index in [1.54, 1.807) is 42.1 Å². The van der Waals surface area contributed by atoms with Crippen LogP contribution >= 0.6 is 23.4 Å². The van der Waals surface area contributed by atoms with E-state index in [1.165, 1.54) is 12.1 Å². The van der Waals surface area contributed by atoms with Crippen molar-refractivity contribution < 1.29 is 17.6 Å². The van der Waals surface area contributed by atoms with Gasteiger partial charge in [0, 0.05) is 16.5 Å². The molecule has 0 bridgehead atoms. The second-order valence-corrected chi connectivity index (χ2v) is 10.3. The summed E-state index contributed by atoms with van der Waals surface area (Å²) < 4.78 is 40.6.